The molecule has 1 atom stereocenters. The van der Waals surface area contributed by atoms with Crippen molar-refractivity contribution in [1.82, 2.24) is 4.72 Å². The average molecular weight is 266 g/mol. The van der Waals surface area contributed by atoms with Gasteiger partial charge in [0.1, 0.15) is 11.6 Å². The number of aliphatic hydroxyl groups excluding tert-OH is 1. The lowest BCUT2D eigenvalue weighted by Gasteiger charge is -2.12. The summed E-state index contributed by atoms with van der Waals surface area (Å²) in [5, 5.41) is 8.69. The summed E-state index contributed by atoms with van der Waals surface area (Å²) in [5.41, 5.74) is 4.95. The Kier molecular flexibility index (Phi) is 4.02. The zero-order valence-corrected chi connectivity index (χ0v) is 9.76. The number of nitrogen functional groups attached to an aromatic ring is 1. The van der Waals surface area contributed by atoms with Crippen LogP contribution in [0.1, 0.15) is 6.92 Å². The van der Waals surface area contributed by atoms with Crippen LogP contribution < -0.4 is 10.5 Å². The fourth-order valence-electron chi connectivity index (χ4n) is 1.20. The molecule has 5 nitrogen and oxygen atoms in total. The number of anilines is 1. The van der Waals surface area contributed by atoms with Crippen LogP contribution in [0.2, 0.25) is 0 Å². The van der Waals surface area contributed by atoms with Gasteiger partial charge in [0.25, 0.3) is 0 Å². The Morgan fingerprint density at radius 3 is 2.29 bits per heavy atom. The second-order valence-electron chi connectivity index (χ2n) is 3.52. The number of nitrogens with two attached hydrogens (primary N) is 1. The topological polar surface area (TPSA) is 92.4 Å². The Hall–Kier alpha value is -1.25. The Bertz CT molecular complexity index is 496. The van der Waals surface area contributed by atoms with Gasteiger partial charge in [0.05, 0.1) is 6.61 Å². The van der Waals surface area contributed by atoms with Gasteiger partial charge < -0.3 is 10.8 Å². The predicted octanol–water partition coefficient (Wildman–Crippen LogP) is 0.206. The van der Waals surface area contributed by atoms with Crippen LogP contribution in [0.4, 0.5) is 14.5 Å². The second-order valence-corrected chi connectivity index (χ2v) is 5.17. The molecule has 0 aromatic heterocycles. The number of sulfonamides is 1. The lowest BCUT2D eigenvalue weighted by Crippen LogP contribution is -2.36. The largest absolute Gasteiger partial charge is 0.399 e. The quantitative estimate of drug-likeness (QED) is 0.679. The van der Waals surface area contributed by atoms with Gasteiger partial charge in [-0.05, 0) is 19.1 Å². The van der Waals surface area contributed by atoms with E-state index < -0.39 is 39.2 Å². The molecule has 0 heterocycles. The van der Waals surface area contributed by atoms with E-state index in [1.807, 2.05) is 4.72 Å². The fourth-order valence-corrected chi connectivity index (χ4v) is 2.55. The number of nitrogens with one attached hydrogen (secondary N) is 1. The first-order valence-electron chi connectivity index (χ1n) is 4.65. The van der Waals surface area contributed by atoms with Crippen molar-refractivity contribution in [2.75, 3.05) is 12.3 Å². The first kappa shape index (κ1) is 13.8. The van der Waals surface area contributed by atoms with Gasteiger partial charge in [-0.15, -0.1) is 0 Å². The summed E-state index contributed by atoms with van der Waals surface area (Å²) in [7, 11) is -4.37. The van der Waals surface area contributed by atoms with Crippen molar-refractivity contribution >= 4 is 15.7 Å². The summed E-state index contributed by atoms with van der Waals surface area (Å²) in [5.74, 6) is -2.56. The lowest BCUT2D eigenvalue weighted by molar-refractivity contribution is 0.265. The van der Waals surface area contributed by atoms with Gasteiger partial charge in [0, 0.05) is 11.7 Å². The van der Waals surface area contributed by atoms with Gasteiger partial charge in [0.2, 0.25) is 10.0 Å². The second kappa shape index (κ2) is 4.94. The summed E-state index contributed by atoms with van der Waals surface area (Å²) in [6.07, 6.45) is 0. The third-order valence-electron chi connectivity index (χ3n) is 1.92. The van der Waals surface area contributed by atoms with E-state index in [4.69, 9.17) is 10.8 Å². The molecule has 1 rings (SSSR count). The third kappa shape index (κ3) is 3.11. The highest BCUT2D eigenvalue weighted by Gasteiger charge is 2.25. The molecule has 8 heteroatoms. The van der Waals surface area contributed by atoms with Crippen molar-refractivity contribution in [1.29, 1.82) is 0 Å². The van der Waals surface area contributed by atoms with E-state index in [1.54, 1.807) is 0 Å². The highest BCUT2D eigenvalue weighted by Crippen LogP contribution is 2.21. The van der Waals surface area contributed by atoms with E-state index in [-0.39, 0.29) is 5.69 Å². The van der Waals surface area contributed by atoms with Crippen LogP contribution in [-0.2, 0) is 10.0 Å². The molecule has 0 aliphatic heterocycles. The number of aliphatic hydroxyl groups is 1. The molecule has 17 heavy (non-hydrogen) atoms. The molecule has 0 fully saturated rings. The molecule has 0 radical (unpaired) electrons. The first-order valence-corrected chi connectivity index (χ1v) is 6.14. The molecule has 0 aliphatic carbocycles. The maximum absolute atomic E-state index is 13.4. The summed E-state index contributed by atoms with van der Waals surface area (Å²) >= 11 is 0. The molecule has 96 valence electrons. The first-order chi connectivity index (χ1) is 7.77. The normalized spacial score (nSPS) is 13.6. The van der Waals surface area contributed by atoms with Gasteiger partial charge in [-0.3, -0.25) is 0 Å². The lowest BCUT2D eigenvalue weighted by atomic mass is 10.3. The summed E-state index contributed by atoms with van der Waals surface area (Å²) in [6.45, 7) is 0.863. The fraction of sp³-hybridized carbons (Fsp3) is 0.333. The maximum atomic E-state index is 13.4. The van der Waals surface area contributed by atoms with E-state index in [1.165, 1.54) is 6.92 Å². The maximum Gasteiger partial charge on any atom is 0.246 e. The highest BCUT2D eigenvalue weighted by molar-refractivity contribution is 7.89. The standard InChI is InChI=1S/C9H12F2N2O3S/c1-5(4-14)13-17(15,16)9-7(10)2-6(12)3-8(9)11/h2-3,5,13-14H,4,12H2,1H3/t5-/m1/s1. The van der Waals surface area contributed by atoms with Crippen molar-refractivity contribution in [2.24, 2.45) is 0 Å². The number of hydrogen-bond acceptors (Lipinski definition) is 4. The van der Waals surface area contributed by atoms with Gasteiger partial charge in [-0.2, -0.15) is 0 Å². The van der Waals surface area contributed by atoms with Crippen LogP contribution in [-0.4, -0.2) is 26.2 Å². The number of halogens is 2. The zero-order chi connectivity index (χ0) is 13.2. The minimum absolute atomic E-state index is 0.214. The Labute approximate surface area is 97.3 Å². The number of rotatable bonds is 4. The Morgan fingerprint density at radius 1 is 1.41 bits per heavy atom. The van der Waals surface area contributed by atoms with Crippen molar-refractivity contribution in [3.63, 3.8) is 0 Å². The van der Waals surface area contributed by atoms with Crippen LogP contribution in [0.15, 0.2) is 17.0 Å². The summed E-state index contributed by atoms with van der Waals surface area (Å²) in [4.78, 5) is -1.10. The van der Waals surface area contributed by atoms with Crippen LogP contribution in [0.3, 0.4) is 0 Å². The molecular formula is C9H12F2N2O3S. The molecule has 0 saturated carbocycles. The molecule has 1 aromatic carbocycles. The number of benzene rings is 1. The van der Waals surface area contributed by atoms with Crippen molar-refractivity contribution in [2.45, 2.75) is 17.9 Å². The van der Waals surface area contributed by atoms with Crippen LogP contribution in [0.25, 0.3) is 0 Å². The highest BCUT2D eigenvalue weighted by atomic mass is 32.2. The van der Waals surface area contributed by atoms with Crippen molar-refractivity contribution in [3.8, 4) is 0 Å². The minimum Gasteiger partial charge on any atom is -0.399 e. The third-order valence-corrected chi connectivity index (χ3v) is 3.56. The van der Waals surface area contributed by atoms with Gasteiger partial charge in [-0.25, -0.2) is 21.9 Å². The van der Waals surface area contributed by atoms with Gasteiger partial charge in [-0.1, -0.05) is 0 Å². The van der Waals surface area contributed by atoms with Crippen LogP contribution in [0.5, 0.6) is 0 Å². The number of hydrogen-bond donors (Lipinski definition) is 3. The minimum atomic E-state index is -4.37. The monoisotopic (exact) mass is 266 g/mol. The molecule has 0 aliphatic rings. The SMILES string of the molecule is C[C@H](CO)NS(=O)(=O)c1c(F)cc(N)cc1F. The van der Waals surface area contributed by atoms with E-state index >= 15 is 0 Å². The van der Waals surface area contributed by atoms with Gasteiger partial charge in [0.15, 0.2) is 4.90 Å². The smallest absolute Gasteiger partial charge is 0.246 e. The predicted molar refractivity (Wildman–Crippen MR) is 57.6 cm³/mol. The summed E-state index contributed by atoms with van der Waals surface area (Å²) in [6, 6.07) is 0.569. The molecule has 0 spiro atoms. The summed E-state index contributed by atoms with van der Waals surface area (Å²) < 4.78 is 51.9. The van der Waals surface area contributed by atoms with Gasteiger partial charge >= 0.3 is 0 Å². The molecule has 0 unspecified atom stereocenters. The molecule has 0 saturated heterocycles. The van der Waals surface area contributed by atoms with E-state index in [0.717, 1.165) is 0 Å². The molecule has 0 bridgehead atoms. The molecule has 1 aromatic rings. The Balaban J connectivity index is 3.25. The molecular weight excluding hydrogens is 254 g/mol. The van der Waals surface area contributed by atoms with E-state index in [9.17, 15) is 17.2 Å². The molecule has 0 amide bonds. The van der Waals surface area contributed by atoms with Crippen molar-refractivity contribution < 1.29 is 22.3 Å². The zero-order valence-electron chi connectivity index (χ0n) is 8.94. The van der Waals surface area contributed by atoms with E-state index in [0.29, 0.717) is 12.1 Å². The molecule has 4 N–H and O–H groups in total. The van der Waals surface area contributed by atoms with Crippen molar-refractivity contribution in [3.05, 3.63) is 23.8 Å². The van der Waals surface area contributed by atoms with E-state index in [2.05, 4.69) is 0 Å². The van der Waals surface area contributed by atoms with Crippen LogP contribution in [0, 0.1) is 11.6 Å². The Morgan fingerprint density at radius 2 is 1.88 bits per heavy atom. The van der Waals surface area contributed by atoms with Crippen LogP contribution >= 0.6 is 0 Å². The average Bonchev–Trinajstić information content (AvgIpc) is 2.14.